The monoisotopic (exact) mass is 348 g/mol. The predicted molar refractivity (Wildman–Crippen MR) is 104 cm³/mol. The van der Waals surface area contributed by atoms with Gasteiger partial charge in [0.1, 0.15) is 5.52 Å². The van der Waals surface area contributed by atoms with E-state index in [0.717, 1.165) is 46.8 Å². The van der Waals surface area contributed by atoms with Gasteiger partial charge in [-0.15, -0.1) is 10.2 Å². The maximum Gasteiger partial charge on any atom is 0.211 e. The van der Waals surface area contributed by atoms with Crippen LogP contribution in [0.15, 0.2) is 59.8 Å². The summed E-state index contributed by atoms with van der Waals surface area (Å²) in [6.07, 6.45) is 2.07. The molecule has 0 aliphatic rings. The number of aromatic nitrogens is 4. The van der Waals surface area contributed by atoms with Gasteiger partial charge in [0.15, 0.2) is 5.65 Å². The Morgan fingerprint density at radius 2 is 1.76 bits per heavy atom. The summed E-state index contributed by atoms with van der Waals surface area (Å²) < 4.78 is 2.26. The minimum atomic E-state index is 0.753. The molecule has 2 heterocycles. The molecule has 0 aliphatic carbocycles. The van der Waals surface area contributed by atoms with Gasteiger partial charge in [0, 0.05) is 17.7 Å². The van der Waals surface area contributed by atoms with Crippen LogP contribution < -0.4 is 0 Å². The largest absolute Gasteiger partial charge is 0.324 e. The highest BCUT2D eigenvalue weighted by molar-refractivity contribution is 7.99. The van der Waals surface area contributed by atoms with Crippen molar-refractivity contribution in [3.05, 3.63) is 60.2 Å². The second kappa shape index (κ2) is 7.23. The Bertz CT molecular complexity index is 995. The average molecular weight is 348 g/mol. The van der Waals surface area contributed by atoms with Crippen molar-refractivity contribution in [3.8, 4) is 0 Å². The molecule has 0 spiro atoms. The molecule has 0 atom stereocenters. The van der Waals surface area contributed by atoms with Crippen molar-refractivity contribution in [2.24, 2.45) is 0 Å². The second-order valence-corrected chi connectivity index (χ2v) is 7.08. The molecule has 0 amide bonds. The lowest BCUT2D eigenvalue weighted by Gasteiger charge is -2.05. The molecule has 0 radical (unpaired) electrons. The summed E-state index contributed by atoms with van der Waals surface area (Å²) >= 11 is 1.67. The van der Waals surface area contributed by atoms with Crippen molar-refractivity contribution >= 4 is 33.8 Å². The maximum absolute atomic E-state index is 4.81. The van der Waals surface area contributed by atoms with Crippen molar-refractivity contribution in [2.45, 2.75) is 31.5 Å². The predicted octanol–water partition coefficient (Wildman–Crippen LogP) is 4.72. The minimum absolute atomic E-state index is 0.753. The molecule has 0 saturated heterocycles. The number of para-hydroxylation sites is 1. The Morgan fingerprint density at radius 1 is 0.960 bits per heavy atom. The third-order valence-corrected chi connectivity index (χ3v) is 5.11. The maximum atomic E-state index is 4.81. The highest BCUT2D eigenvalue weighted by Crippen LogP contribution is 2.27. The van der Waals surface area contributed by atoms with E-state index in [1.807, 2.05) is 12.1 Å². The summed E-state index contributed by atoms with van der Waals surface area (Å²) in [5, 5.41) is 10.7. The zero-order valence-corrected chi connectivity index (χ0v) is 15.0. The van der Waals surface area contributed by atoms with Crippen molar-refractivity contribution in [2.75, 3.05) is 5.75 Å². The van der Waals surface area contributed by atoms with Crippen LogP contribution in [0.1, 0.15) is 18.9 Å². The summed E-state index contributed by atoms with van der Waals surface area (Å²) in [4.78, 5) is 4.81. The van der Waals surface area contributed by atoms with Crippen molar-refractivity contribution in [1.82, 2.24) is 19.7 Å². The summed E-state index contributed by atoms with van der Waals surface area (Å²) in [6.45, 7) is 3.13. The summed E-state index contributed by atoms with van der Waals surface area (Å²) in [5.74, 6) is 0.950. The van der Waals surface area contributed by atoms with Crippen LogP contribution in [0.3, 0.4) is 0 Å². The topological polar surface area (TPSA) is 43.6 Å². The van der Waals surface area contributed by atoms with E-state index < -0.39 is 0 Å². The van der Waals surface area contributed by atoms with Gasteiger partial charge in [-0.2, -0.15) is 0 Å². The molecule has 0 N–H and O–H groups in total. The molecule has 25 heavy (non-hydrogen) atoms. The highest BCUT2D eigenvalue weighted by atomic mass is 32.2. The van der Waals surface area contributed by atoms with Crippen LogP contribution in [-0.2, 0) is 13.0 Å². The van der Waals surface area contributed by atoms with E-state index in [-0.39, 0.29) is 0 Å². The summed E-state index contributed by atoms with van der Waals surface area (Å²) in [5.41, 5.74) is 4.37. The first kappa shape index (κ1) is 16.1. The van der Waals surface area contributed by atoms with Crippen LogP contribution in [0.25, 0.3) is 22.1 Å². The molecule has 0 unspecified atom stereocenters. The minimum Gasteiger partial charge on any atom is -0.324 e. The standard InChI is InChI=1S/C20H20N4S/c1-2-13-24-17-11-7-6-10-16(17)18-19(24)21-20(23-22-18)25-14-12-15-8-4-3-5-9-15/h3-11H,2,12-14H2,1H3. The molecule has 0 bridgehead atoms. The van der Waals surface area contributed by atoms with Gasteiger partial charge in [-0.25, -0.2) is 4.98 Å². The molecule has 126 valence electrons. The van der Waals surface area contributed by atoms with Gasteiger partial charge >= 0.3 is 0 Å². The van der Waals surface area contributed by atoms with Crippen LogP contribution in [0, 0.1) is 0 Å². The fourth-order valence-electron chi connectivity index (χ4n) is 3.11. The number of rotatable bonds is 6. The zero-order chi connectivity index (χ0) is 17.1. The fourth-order valence-corrected chi connectivity index (χ4v) is 3.88. The Hall–Kier alpha value is -2.40. The first-order chi connectivity index (χ1) is 12.4. The molecule has 5 heteroatoms. The first-order valence-electron chi connectivity index (χ1n) is 8.65. The number of aryl methyl sites for hydroxylation is 2. The molecule has 2 aromatic heterocycles. The van der Waals surface area contributed by atoms with Gasteiger partial charge in [0.25, 0.3) is 0 Å². The molecule has 0 fully saturated rings. The number of thioether (sulfide) groups is 1. The van der Waals surface area contributed by atoms with Crippen LogP contribution >= 0.6 is 11.8 Å². The van der Waals surface area contributed by atoms with Gasteiger partial charge in [0.05, 0.1) is 5.52 Å². The molecule has 0 saturated carbocycles. The number of hydrogen-bond acceptors (Lipinski definition) is 4. The molecule has 4 rings (SSSR count). The lowest BCUT2D eigenvalue weighted by molar-refractivity contribution is 0.709. The van der Waals surface area contributed by atoms with Crippen LogP contribution in [0.4, 0.5) is 0 Å². The third kappa shape index (κ3) is 3.24. The fraction of sp³-hybridized carbons (Fsp3) is 0.250. The van der Waals surface area contributed by atoms with E-state index in [1.165, 1.54) is 11.1 Å². The zero-order valence-electron chi connectivity index (χ0n) is 14.2. The van der Waals surface area contributed by atoms with Crippen LogP contribution in [0.2, 0.25) is 0 Å². The van der Waals surface area contributed by atoms with Crippen molar-refractivity contribution < 1.29 is 0 Å². The van der Waals surface area contributed by atoms with Gasteiger partial charge < -0.3 is 4.57 Å². The number of benzene rings is 2. The van der Waals surface area contributed by atoms with E-state index in [9.17, 15) is 0 Å². The average Bonchev–Trinajstić information content (AvgIpc) is 2.97. The molecule has 2 aromatic carbocycles. The first-order valence-corrected chi connectivity index (χ1v) is 9.63. The van der Waals surface area contributed by atoms with Crippen LogP contribution in [0.5, 0.6) is 0 Å². The Balaban J connectivity index is 1.63. The van der Waals surface area contributed by atoms with Crippen molar-refractivity contribution in [1.29, 1.82) is 0 Å². The molecular weight excluding hydrogens is 328 g/mol. The van der Waals surface area contributed by atoms with Gasteiger partial charge in [-0.1, -0.05) is 67.2 Å². The van der Waals surface area contributed by atoms with E-state index in [0.29, 0.717) is 0 Å². The van der Waals surface area contributed by atoms with Gasteiger partial charge in [0.2, 0.25) is 5.16 Å². The lowest BCUT2D eigenvalue weighted by Crippen LogP contribution is -2.00. The van der Waals surface area contributed by atoms with Crippen LogP contribution in [-0.4, -0.2) is 25.5 Å². The Kier molecular flexibility index (Phi) is 4.65. The molecule has 4 aromatic rings. The van der Waals surface area contributed by atoms with E-state index in [4.69, 9.17) is 4.98 Å². The Labute approximate surface area is 151 Å². The number of nitrogens with zero attached hydrogens (tertiary/aromatic N) is 4. The second-order valence-electron chi connectivity index (χ2n) is 6.02. The third-order valence-electron chi connectivity index (χ3n) is 4.27. The molecular formula is C20H20N4S. The summed E-state index contributed by atoms with van der Waals surface area (Å²) in [7, 11) is 0. The van der Waals surface area contributed by atoms with E-state index >= 15 is 0 Å². The van der Waals surface area contributed by atoms with Gasteiger partial charge in [-0.05, 0) is 24.5 Å². The van der Waals surface area contributed by atoms with Crippen molar-refractivity contribution in [3.63, 3.8) is 0 Å². The molecule has 0 aliphatic heterocycles. The normalized spacial score (nSPS) is 11.4. The Morgan fingerprint density at radius 3 is 2.60 bits per heavy atom. The van der Waals surface area contributed by atoms with Gasteiger partial charge in [-0.3, -0.25) is 0 Å². The highest BCUT2D eigenvalue weighted by Gasteiger charge is 2.14. The molecule has 4 nitrogen and oxygen atoms in total. The number of fused-ring (bicyclic) bond motifs is 3. The number of hydrogen-bond donors (Lipinski definition) is 0. The van der Waals surface area contributed by atoms with E-state index in [1.54, 1.807) is 11.8 Å². The SMILES string of the molecule is CCCn1c2ccccc2c2nnc(SCCc3ccccc3)nc21. The quantitative estimate of drug-likeness (QED) is 0.473. The van der Waals surface area contributed by atoms with E-state index in [2.05, 4.69) is 64.2 Å². The summed E-state index contributed by atoms with van der Waals surface area (Å²) in [6, 6.07) is 18.9. The smallest absolute Gasteiger partial charge is 0.211 e. The lowest BCUT2D eigenvalue weighted by atomic mass is 10.2.